The summed E-state index contributed by atoms with van der Waals surface area (Å²) >= 11 is 0. The minimum absolute atomic E-state index is 0.00413. The van der Waals surface area contributed by atoms with E-state index in [0.29, 0.717) is 12.1 Å². The first-order valence-corrected chi connectivity index (χ1v) is 12.7. The van der Waals surface area contributed by atoms with Crippen molar-refractivity contribution >= 4 is 22.7 Å². The maximum atomic E-state index is 13.6. The number of fused-ring (bicyclic) bond motifs is 2. The van der Waals surface area contributed by atoms with Crippen LogP contribution >= 0.6 is 0 Å². The lowest BCUT2D eigenvalue weighted by molar-refractivity contribution is -0.122. The predicted molar refractivity (Wildman–Crippen MR) is 144 cm³/mol. The Balaban J connectivity index is 1.54. The molecule has 0 spiro atoms. The van der Waals surface area contributed by atoms with Crippen molar-refractivity contribution in [2.75, 3.05) is 32.7 Å². The monoisotopic (exact) mass is 480 g/mol. The lowest BCUT2D eigenvalue weighted by Crippen LogP contribution is -2.42. The maximum absolute atomic E-state index is 13.6. The molecule has 2 N–H and O–H groups in total. The standard InChI is InChI=1S/C30H32N4O2/c1-3-33(4-2)19-18-31-26(35)20-34-29(22-14-8-9-15-23(22)30(34)36)27-24-16-10-11-17-25(24)32-28(27)21-12-6-5-7-13-21/h5-17,29,32H,3-4,18-20H2,1-2H3,(H,31,35)/t29-/m0/s1. The number of nitrogens with zero attached hydrogens (tertiary/aromatic N) is 2. The average Bonchev–Trinajstić information content (AvgIpc) is 3.42. The van der Waals surface area contributed by atoms with E-state index in [-0.39, 0.29) is 24.4 Å². The van der Waals surface area contributed by atoms with Gasteiger partial charge in [-0.05, 0) is 36.3 Å². The summed E-state index contributed by atoms with van der Waals surface area (Å²) in [7, 11) is 0. The molecule has 2 heterocycles. The molecular formula is C30H32N4O2. The van der Waals surface area contributed by atoms with Gasteiger partial charge in [-0.25, -0.2) is 0 Å². The van der Waals surface area contributed by atoms with Crippen molar-refractivity contribution in [2.45, 2.75) is 19.9 Å². The Hall–Kier alpha value is -3.90. The van der Waals surface area contributed by atoms with Gasteiger partial charge in [0.15, 0.2) is 0 Å². The fraction of sp³-hybridized carbons (Fsp3) is 0.267. The predicted octanol–water partition coefficient (Wildman–Crippen LogP) is 4.84. The largest absolute Gasteiger partial charge is 0.354 e. The molecule has 1 aliphatic heterocycles. The lowest BCUT2D eigenvalue weighted by Gasteiger charge is -2.26. The van der Waals surface area contributed by atoms with Crippen molar-refractivity contribution in [3.8, 4) is 11.3 Å². The van der Waals surface area contributed by atoms with E-state index in [2.05, 4.69) is 53.3 Å². The molecule has 184 valence electrons. The van der Waals surface area contributed by atoms with Gasteiger partial charge in [0.05, 0.1) is 11.7 Å². The Labute approximate surface area is 211 Å². The number of aromatic amines is 1. The van der Waals surface area contributed by atoms with E-state index in [4.69, 9.17) is 0 Å². The molecule has 0 saturated heterocycles. The maximum Gasteiger partial charge on any atom is 0.255 e. The molecule has 6 nitrogen and oxygen atoms in total. The van der Waals surface area contributed by atoms with Crippen molar-refractivity contribution in [3.05, 3.63) is 95.6 Å². The normalized spacial score (nSPS) is 15.0. The van der Waals surface area contributed by atoms with E-state index in [0.717, 1.165) is 52.9 Å². The molecular weight excluding hydrogens is 448 g/mol. The van der Waals surface area contributed by atoms with E-state index in [9.17, 15) is 9.59 Å². The Morgan fingerprint density at radius 3 is 2.42 bits per heavy atom. The second-order valence-corrected chi connectivity index (χ2v) is 9.12. The summed E-state index contributed by atoms with van der Waals surface area (Å²) in [5, 5.41) is 4.08. The number of carbonyl (C=O) groups is 2. The molecule has 0 bridgehead atoms. The average molecular weight is 481 g/mol. The molecule has 0 radical (unpaired) electrons. The second-order valence-electron chi connectivity index (χ2n) is 9.12. The zero-order valence-corrected chi connectivity index (χ0v) is 20.8. The zero-order valence-electron chi connectivity index (χ0n) is 20.8. The lowest BCUT2D eigenvalue weighted by atomic mass is 9.93. The molecule has 0 aliphatic carbocycles. The van der Waals surface area contributed by atoms with Crippen molar-refractivity contribution < 1.29 is 9.59 Å². The fourth-order valence-corrected chi connectivity index (χ4v) is 5.23. The molecule has 3 aromatic carbocycles. The molecule has 2 amide bonds. The molecule has 0 saturated carbocycles. The number of para-hydroxylation sites is 1. The Kier molecular flexibility index (Phi) is 6.87. The van der Waals surface area contributed by atoms with Crippen molar-refractivity contribution in [1.82, 2.24) is 20.1 Å². The molecule has 1 aromatic heterocycles. The molecule has 0 fully saturated rings. The third-order valence-electron chi connectivity index (χ3n) is 7.10. The van der Waals surface area contributed by atoms with Crippen LogP contribution in [0.15, 0.2) is 78.9 Å². The number of rotatable bonds is 9. The first-order valence-electron chi connectivity index (χ1n) is 12.7. The number of H-pyrrole nitrogens is 1. The summed E-state index contributed by atoms with van der Waals surface area (Å²) < 4.78 is 0. The Bertz CT molecular complexity index is 1370. The number of amides is 2. The zero-order chi connectivity index (χ0) is 25.1. The quantitative estimate of drug-likeness (QED) is 0.360. The number of carbonyl (C=O) groups excluding carboxylic acids is 2. The van der Waals surface area contributed by atoms with Crippen LogP contribution in [0.4, 0.5) is 0 Å². The van der Waals surface area contributed by atoms with Gasteiger partial charge in [-0.1, -0.05) is 80.6 Å². The SMILES string of the molecule is CCN(CC)CCNC(=O)CN1C(=O)c2ccccc2[C@H]1c1c(-c2ccccc2)[nH]c2ccccc12. The fourth-order valence-electron chi connectivity index (χ4n) is 5.23. The van der Waals surface area contributed by atoms with Crippen LogP contribution < -0.4 is 5.32 Å². The number of aromatic nitrogens is 1. The first-order chi connectivity index (χ1) is 17.6. The number of benzene rings is 3. The molecule has 1 aliphatic rings. The summed E-state index contributed by atoms with van der Waals surface area (Å²) in [4.78, 5) is 34.3. The number of hydrogen-bond acceptors (Lipinski definition) is 3. The van der Waals surface area contributed by atoms with Crippen LogP contribution in [0.25, 0.3) is 22.2 Å². The van der Waals surface area contributed by atoms with Crippen LogP contribution in [0.1, 0.15) is 41.4 Å². The Morgan fingerprint density at radius 2 is 1.64 bits per heavy atom. The van der Waals surface area contributed by atoms with Crippen molar-refractivity contribution in [1.29, 1.82) is 0 Å². The van der Waals surface area contributed by atoms with Gasteiger partial charge < -0.3 is 20.1 Å². The van der Waals surface area contributed by atoms with Gasteiger partial charge in [-0.2, -0.15) is 0 Å². The highest BCUT2D eigenvalue weighted by Crippen LogP contribution is 2.45. The smallest absolute Gasteiger partial charge is 0.255 e. The Morgan fingerprint density at radius 1 is 0.944 bits per heavy atom. The van der Waals surface area contributed by atoms with Crippen LogP contribution in [0.3, 0.4) is 0 Å². The molecule has 36 heavy (non-hydrogen) atoms. The summed E-state index contributed by atoms with van der Waals surface area (Å²) in [6, 6.07) is 25.7. The van der Waals surface area contributed by atoms with Gasteiger partial charge in [0, 0.05) is 35.1 Å². The summed E-state index contributed by atoms with van der Waals surface area (Å²) in [6.07, 6.45) is 0. The molecule has 6 heteroatoms. The van der Waals surface area contributed by atoms with Gasteiger partial charge in [0.1, 0.15) is 6.54 Å². The molecule has 0 unspecified atom stereocenters. The van der Waals surface area contributed by atoms with Crippen LogP contribution in [0.5, 0.6) is 0 Å². The van der Waals surface area contributed by atoms with Gasteiger partial charge in [-0.15, -0.1) is 0 Å². The van der Waals surface area contributed by atoms with E-state index in [1.165, 1.54) is 0 Å². The first kappa shape index (κ1) is 23.8. The highest BCUT2D eigenvalue weighted by atomic mass is 16.2. The topological polar surface area (TPSA) is 68.4 Å². The van der Waals surface area contributed by atoms with Crippen LogP contribution in [-0.4, -0.2) is 59.3 Å². The third kappa shape index (κ3) is 4.40. The van der Waals surface area contributed by atoms with Gasteiger partial charge in [0.2, 0.25) is 5.91 Å². The number of hydrogen-bond donors (Lipinski definition) is 2. The second kappa shape index (κ2) is 10.4. The highest BCUT2D eigenvalue weighted by molar-refractivity contribution is 6.03. The van der Waals surface area contributed by atoms with E-state index >= 15 is 0 Å². The van der Waals surface area contributed by atoms with Gasteiger partial charge in [-0.3, -0.25) is 9.59 Å². The van der Waals surface area contributed by atoms with Crippen molar-refractivity contribution in [2.24, 2.45) is 0 Å². The van der Waals surface area contributed by atoms with E-state index in [1.807, 2.05) is 54.6 Å². The van der Waals surface area contributed by atoms with Gasteiger partial charge in [0.25, 0.3) is 5.91 Å². The van der Waals surface area contributed by atoms with Gasteiger partial charge >= 0.3 is 0 Å². The molecule has 4 aromatic rings. The molecule has 1 atom stereocenters. The van der Waals surface area contributed by atoms with Crippen LogP contribution in [0, 0.1) is 0 Å². The molecule has 5 rings (SSSR count). The summed E-state index contributed by atoms with van der Waals surface area (Å²) in [6.45, 7) is 7.46. The number of likely N-dealkylation sites (N-methyl/N-ethyl adjacent to an activating group) is 1. The van der Waals surface area contributed by atoms with Crippen LogP contribution in [-0.2, 0) is 4.79 Å². The minimum atomic E-state index is -0.367. The van der Waals surface area contributed by atoms with Crippen molar-refractivity contribution in [3.63, 3.8) is 0 Å². The third-order valence-corrected chi connectivity index (χ3v) is 7.10. The number of nitrogens with one attached hydrogen (secondary N) is 2. The summed E-state index contributed by atoms with van der Waals surface area (Å²) in [5.41, 5.74) is 5.63. The van der Waals surface area contributed by atoms with E-state index in [1.54, 1.807) is 4.90 Å². The van der Waals surface area contributed by atoms with Crippen LogP contribution in [0.2, 0.25) is 0 Å². The summed E-state index contributed by atoms with van der Waals surface area (Å²) in [5.74, 6) is -0.256. The van der Waals surface area contributed by atoms with E-state index < -0.39 is 0 Å². The highest BCUT2D eigenvalue weighted by Gasteiger charge is 2.40. The minimum Gasteiger partial charge on any atom is -0.354 e.